The smallest absolute Gasteiger partial charge is 0.422 e. The van der Waals surface area contributed by atoms with Crippen LogP contribution in [0.25, 0.3) is 0 Å². The van der Waals surface area contributed by atoms with Crippen LogP contribution in [0.3, 0.4) is 0 Å². The highest BCUT2D eigenvalue weighted by Gasteiger charge is 2.51. The summed E-state index contributed by atoms with van der Waals surface area (Å²) in [5, 5.41) is 8.65. The molecule has 2 amide bonds. The van der Waals surface area contributed by atoms with E-state index < -0.39 is 36.0 Å². The molecule has 16 heteroatoms. The van der Waals surface area contributed by atoms with Gasteiger partial charge in [0.05, 0.1) is 11.1 Å². The van der Waals surface area contributed by atoms with Crippen LogP contribution in [-0.4, -0.2) is 81.4 Å². The van der Waals surface area contributed by atoms with E-state index in [0.717, 1.165) is 11.1 Å². The van der Waals surface area contributed by atoms with Crippen molar-refractivity contribution in [2.75, 3.05) is 42.8 Å². The van der Waals surface area contributed by atoms with Crippen molar-refractivity contribution >= 4 is 41.1 Å². The Morgan fingerprint density at radius 3 is 2.38 bits per heavy atom. The number of nitrogens with zero attached hydrogens (tertiary/aromatic N) is 4. The number of hydrogen-bond donors (Lipinski definition) is 3. The third-order valence-electron chi connectivity index (χ3n) is 6.67. The molecule has 4 rings (SSSR count). The summed E-state index contributed by atoms with van der Waals surface area (Å²) in [7, 11) is 0. The van der Waals surface area contributed by atoms with Crippen molar-refractivity contribution in [3.8, 4) is 11.8 Å². The Kier molecular flexibility index (Phi) is 11.2. The van der Waals surface area contributed by atoms with Gasteiger partial charge >= 0.3 is 18.3 Å². The minimum atomic E-state index is -4.59. The monoisotopic (exact) mass is 691 g/mol. The molecule has 1 aliphatic heterocycles. The van der Waals surface area contributed by atoms with E-state index >= 15 is 0 Å². The van der Waals surface area contributed by atoms with Gasteiger partial charge in [-0.3, -0.25) is 4.79 Å². The van der Waals surface area contributed by atoms with E-state index in [0.29, 0.717) is 30.3 Å². The van der Waals surface area contributed by atoms with Crippen LogP contribution in [0.1, 0.15) is 43.6 Å². The van der Waals surface area contributed by atoms with Crippen LogP contribution in [0.2, 0.25) is 0 Å². The van der Waals surface area contributed by atoms with Gasteiger partial charge in [0, 0.05) is 37.8 Å². The predicted molar refractivity (Wildman–Crippen MR) is 174 cm³/mol. The van der Waals surface area contributed by atoms with E-state index in [2.05, 4.69) is 37.5 Å². The van der Waals surface area contributed by atoms with E-state index in [1.165, 1.54) is 18.3 Å². The number of benzene rings is 1. The number of pyridine rings is 1. The van der Waals surface area contributed by atoms with Gasteiger partial charge in [-0.1, -0.05) is 18.7 Å². The molecule has 3 aromatic rings. The van der Waals surface area contributed by atoms with E-state index in [4.69, 9.17) is 25.8 Å². The fraction of sp³-hybridized carbons (Fsp3) is 0.406. The molecule has 258 valence electrons. The number of alkyl halides is 4. The minimum absolute atomic E-state index is 0.103. The Labute approximate surface area is 281 Å². The number of alkyl carbamates (subject to hydrolysis) is 1. The van der Waals surface area contributed by atoms with Crippen LogP contribution >= 0.6 is 11.6 Å². The second-order valence-corrected chi connectivity index (χ2v) is 12.6. The summed E-state index contributed by atoms with van der Waals surface area (Å²) in [6, 6.07) is 11.2. The van der Waals surface area contributed by atoms with Gasteiger partial charge in [-0.25, -0.2) is 9.78 Å². The molecule has 48 heavy (non-hydrogen) atoms. The maximum atomic E-state index is 13.1. The fourth-order valence-corrected chi connectivity index (χ4v) is 4.22. The number of carbonyl (C=O) groups excluding carboxylic acids is 2. The molecule has 1 aliphatic rings. The Morgan fingerprint density at radius 1 is 1.04 bits per heavy atom. The number of anilines is 3. The van der Waals surface area contributed by atoms with Gasteiger partial charge in [-0.15, -0.1) is 11.6 Å². The summed E-state index contributed by atoms with van der Waals surface area (Å²) in [5.41, 5.74) is 0.676. The van der Waals surface area contributed by atoms with E-state index in [1.54, 1.807) is 43.9 Å². The lowest BCUT2D eigenvalue weighted by Crippen LogP contribution is -2.39. The topological polar surface area (TPSA) is 140 Å². The molecule has 0 radical (unpaired) electrons. The molecule has 1 aromatic carbocycles. The molecular weight excluding hydrogens is 655 g/mol. The number of ether oxygens (including phenoxy) is 3. The Bertz CT molecular complexity index is 1600. The predicted octanol–water partition coefficient (Wildman–Crippen LogP) is 6.08. The van der Waals surface area contributed by atoms with Crippen molar-refractivity contribution in [1.82, 2.24) is 25.2 Å². The summed E-state index contributed by atoms with van der Waals surface area (Å²) in [4.78, 5) is 39.0. The number of nitrogens with one attached hydrogen (secondary N) is 3. The molecule has 1 unspecified atom stereocenters. The van der Waals surface area contributed by atoms with E-state index in [-0.39, 0.29) is 36.5 Å². The first kappa shape index (κ1) is 36.1. The fourth-order valence-electron chi connectivity index (χ4n) is 4.14. The number of aromatic nitrogens is 3. The number of hydrogen-bond acceptors (Lipinski definition) is 10. The van der Waals surface area contributed by atoms with Gasteiger partial charge in [0.2, 0.25) is 0 Å². The maximum Gasteiger partial charge on any atom is 0.422 e. The van der Waals surface area contributed by atoms with Gasteiger partial charge in [0.25, 0.3) is 5.91 Å². The normalized spacial score (nSPS) is 15.7. The molecule has 1 saturated heterocycles. The molecule has 0 spiro atoms. The van der Waals surface area contributed by atoms with Crippen molar-refractivity contribution in [2.24, 2.45) is 0 Å². The SMILES string of the molecule is C=C(CCl)COc1ccc(CNc2cc(Nc3ccc(C(=O)N4CC4(C)CNC(=O)OC(C)(C)C)cn3)nc(OCC(F)(F)F)n2)cc1. The highest BCUT2D eigenvalue weighted by molar-refractivity contribution is 6.19. The number of rotatable bonds is 14. The zero-order valence-corrected chi connectivity index (χ0v) is 27.7. The highest BCUT2D eigenvalue weighted by atomic mass is 35.5. The first-order chi connectivity index (χ1) is 22.5. The molecule has 12 nitrogen and oxygen atoms in total. The Balaban J connectivity index is 1.38. The highest BCUT2D eigenvalue weighted by Crippen LogP contribution is 2.33. The standard InChI is InChI=1S/C32H37ClF3N7O5/c1-20(13-33)16-46-23-9-6-21(7-10-23)14-37-25-12-26(42-28(41-25)47-19-32(34,35)36)40-24-11-8-22(15-38-24)27(44)43-18-31(43,5)17-39-29(45)48-30(2,3)4/h6-12,15H,1,13-14,16-19H2,2-5H3,(H,39,45)(H2,37,38,40,41,42). The third kappa shape index (κ3) is 11.2. The van der Waals surface area contributed by atoms with Crippen molar-refractivity contribution in [2.45, 2.75) is 51.6 Å². The number of amides is 2. The van der Waals surface area contributed by atoms with Gasteiger partial charge < -0.3 is 35.1 Å². The molecule has 3 N–H and O–H groups in total. The number of carbonyl (C=O) groups is 2. The molecule has 0 saturated carbocycles. The molecule has 0 aliphatic carbocycles. The van der Waals surface area contributed by atoms with Crippen LogP contribution in [0.5, 0.6) is 11.8 Å². The third-order valence-corrected chi connectivity index (χ3v) is 7.05. The zero-order chi connectivity index (χ0) is 35.1. The minimum Gasteiger partial charge on any atom is -0.489 e. The first-order valence-electron chi connectivity index (χ1n) is 14.8. The lowest BCUT2D eigenvalue weighted by atomic mass is 10.2. The lowest BCUT2D eigenvalue weighted by Gasteiger charge is -2.21. The van der Waals surface area contributed by atoms with Gasteiger partial charge in [0.15, 0.2) is 6.61 Å². The maximum absolute atomic E-state index is 13.1. The molecule has 3 heterocycles. The first-order valence-corrected chi connectivity index (χ1v) is 15.3. The molecule has 0 bridgehead atoms. The average molecular weight is 692 g/mol. The van der Waals surface area contributed by atoms with E-state index in [1.807, 2.05) is 19.1 Å². The van der Waals surface area contributed by atoms with E-state index in [9.17, 15) is 22.8 Å². The van der Waals surface area contributed by atoms with Crippen LogP contribution in [0, 0.1) is 0 Å². The van der Waals surface area contributed by atoms with Crippen LogP contribution in [-0.2, 0) is 11.3 Å². The lowest BCUT2D eigenvalue weighted by molar-refractivity contribution is -0.154. The largest absolute Gasteiger partial charge is 0.489 e. The van der Waals surface area contributed by atoms with Crippen LogP contribution < -0.4 is 25.4 Å². The van der Waals surface area contributed by atoms with Crippen molar-refractivity contribution in [3.05, 3.63) is 71.9 Å². The summed E-state index contributed by atoms with van der Waals surface area (Å²) >= 11 is 5.72. The average Bonchev–Trinajstić information content (AvgIpc) is 3.71. The quantitative estimate of drug-likeness (QED) is 0.104. The number of halogens is 4. The molecular formula is C32H37ClF3N7O5. The second kappa shape index (κ2) is 15.0. The molecule has 1 fully saturated rings. The van der Waals surface area contributed by atoms with Crippen LogP contribution in [0.4, 0.5) is 35.4 Å². The molecule has 2 aromatic heterocycles. The van der Waals surface area contributed by atoms with Gasteiger partial charge in [0.1, 0.15) is 35.4 Å². The van der Waals surface area contributed by atoms with Crippen molar-refractivity contribution < 1.29 is 37.0 Å². The summed E-state index contributed by atoms with van der Waals surface area (Å²) < 4.78 is 54.3. The van der Waals surface area contributed by atoms with Gasteiger partial charge in [-0.2, -0.15) is 23.1 Å². The van der Waals surface area contributed by atoms with Crippen molar-refractivity contribution in [3.63, 3.8) is 0 Å². The van der Waals surface area contributed by atoms with Crippen LogP contribution in [0.15, 0.2) is 60.8 Å². The summed E-state index contributed by atoms with van der Waals surface area (Å²) in [5.74, 6) is 1.20. The van der Waals surface area contributed by atoms with Crippen molar-refractivity contribution in [1.29, 1.82) is 0 Å². The Hall–Kier alpha value is -4.79. The molecule has 1 atom stereocenters. The second-order valence-electron chi connectivity index (χ2n) is 12.3. The van der Waals surface area contributed by atoms with Gasteiger partial charge in [-0.05, 0) is 63.1 Å². The zero-order valence-electron chi connectivity index (χ0n) is 26.9. The Morgan fingerprint density at radius 2 is 1.75 bits per heavy atom. The summed E-state index contributed by atoms with van der Waals surface area (Å²) in [6.07, 6.45) is -3.80. The summed E-state index contributed by atoms with van der Waals surface area (Å²) in [6.45, 7) is 10.6.